The average Bonchev–Trinajstić information content (AvgIpc) is 2.55. The Morgan fingerprint density at radius 1 is 1.17 bits per heavy atom. The van der Waals surface area contributed by atoms with Crippen LogP contribution < -0.4 is 0 Å². The highest BCUT2D eigenvalue weighted by molar-refractivity contribution is 7.89. The zero-order valence-electron chi connectivity index (χ0n) is 12.4. The van der Waals surface area contributed by atoms with E-state index in [1.54, 1.807) is 34.8 Å². The highest BCUT2D eigenvalue weighted by Crippen LogP contribution is 2.44. The molecule has 1 aromatic carbocycles. The smallest absolute Gasteiger partial charge is 0.243 e. The van der Waals surface area contributed by atoms with E-state index in [0.29, 0.717) is 16.3 Å². The number of rotatable bonds is 2. The molecule has 0 aliphatic carbocycles. The second-order valence-electron chi connectivity index (χ2n) is 6.02. The summed E-state index contributed by atoms with van der Waals surface area (Å²) in [5, 5.41) is 0.529. The molecule has 2 atom stereocenters. The number of sulfonamides is 1. The van der Waals surface area contributed by atoms with Gasteiger partial charge in [-0.25, -0.2) is 18.4 Å². The first-order chi connectivity index (χ1) is 11.1. The van der Waals surface area contributed by atoms with Gasteiger partial charge in [-0.3, -0.25) is 0 Å². The lowest BCUT2D eigenvalue weighted by molar-refractivity contribution is 0.161. The molecule has 4 rings (SSSR count). The Morgan fingerprint density at radius 3 is 2.74 bits per heavy atom. The molecule has 1 aromatic heterocycles. The van der Waals surface area contributed by atoms with E-state index in [-0.39, 0.29) is 12.1 Å². The molecule has 3 heterocycles. The molecule has 2 aliphatic heterocycles. The molecule has 1 saturated heterocycles. The van der Waals surface area contributed by atoms with Gasteiger partial charge in [-0.1, -0.05) is 11.6 Å². The molecule has 120 valence electrons. The monoisotopic (exact) mass is 349 g/mol. The molecular formula is C16H16ClN3O2S. The number of piperidine rings is 1. The average molecular weight is 350 g/mol. The lowest BCUT2D eigenvalue weighted by atomic mass is 9.85. The third kappa shape index (κ3) is 2.45. The van der Waals surface area contributed by atoms with Crippen LogP contribution in [0.4, 0.5) is 0 Å². The maximum absolute atomic E-state index is 13.2. The van der Waals surface area contributed by atoms with Crippen molar-refractivity contribution in [1.82, 2.24) is 14.3 Å². The molecule has 7 heteroatoms. The van der Waals surface area contributed by atoms with E-state index in [9.17, 15) is 8.42 Å². The molecule has 2 aliphatic rings. The normalized spacial score (nSPS) is 24.2. The van der Waals surface area contributed by atoms with E-state index in [1.165, 1.54) is 6.33 Å². The SMILES string of the molecule is O=S(=O)(c1ccc(Cl)cc1)N1C2CCCC1c1cncnc1C2. The molecule has 2 bridgehead atoms. The Bertz CT molecular complexity index is 839. The Kier molecular flexibility index (Phi) is 3.63. The number of nitrogens with zero attached hydrogens (tertiary/aromatic N) is 3. The first-order valence-corrected chi connectivity index (χ1v) is 9.47. The van der Waals surface area contributed by atoms with Crippen molar-refractivity contribution in [1.29, 1.82) is 0 Å². The zero-order chi connectivity index (χ0) is 16.0. The molecule has 0 radical (unpaired) electrons. The van der Waals surface area contributed by atoms with E-state index in [1.807, 2.05) is 0 Å². The van der Waals surface area contributed by atoms with Gasteiger partial charge in [-0.15, -0.1) is 0 Å². The third-order valence-corrected chi connectivity index (χ3v) is 6.91. The van der Waals surface area contributed by atoms with Gasteiger partial charge in [-0.05, 0) is 43.5 Å². The van der Waals surface area contributed by atoms with Crippen LogP contribution in [0.5, 0.6) is 0 Å². The maximum Gasteiger partial charge on any atom is 0.243 e. The summed E-state index contributed by atoms with van der Waals surface area (Å²) in [5.41, 5.74) is 1.93. The van der Waals surface area contributed by atoms with Gasteiger partial charge < -0.3 is 0 Å². The van der Waals surface area contributed by atoms with Gasteiger partial charge in [0.15, 0.2) is 0 Å². The van der Waals surface area contributed by atoms with Crippen LogP contribution in [0.25, 0.3) is 0 Å². The molecule has 0 N–H and O–H groups in total. The molecule has 2 aromatic rings. The molecular weight excluding hydrogens is 334 g/mol. The van der Waals surface area contributed by atoms with Crippen LogP contribution in [0.3, 0.4) is 0 Å². The van der Waals surface area contributed by atoms with Crippen molar-refractivity contribution in [3.63, 3.8) is 0 Å². The second kappa shape index (κ2) is 5.54. The number of halogens is 1. The number of benzene rings is 1. The first-order valence-electron chi connectivity index (χ1n) is 7.65. The van der Waals surface area contributed by atoms with Crippen LogP contribution in [-0.2, 0) is 16.4 Å². The van der Waals surface area contributed by atoms with Crippen LogP contribution in [0, 0.1) is 0 Å². The predicted molar refractivity (Wildman–Crippen MR) is 86.6 cm³/mol. The predicted octanol–water partition coefficient (Wildman–Crippen LogP) is 2.97. The van der Waals surface area contributed by atoms with E-state index in [0.717, 1.165) is 30.5 Å². The van der Waals surface area contributed by atoms with Crippen LogP contribution in [-0.4, -0.2) is 28.7 Å². The largest absolute Gasteiger partial charge is 0.244 e. The lowest BCUT2D eigenvalue weighted by Gasteiger charge is -2.45. The van der Waals surface area contributed by atoms with E-state index in [4.69, 9.17) is 11.6 Å². The van der Waals surface area contributed by atoms with Crippen LogP contribution >= 0.6 is 11.6 Å². The highest BCUT2D eigenvalue weighted by Gasteiger charge is 2.44. The van der Waals surface area contributed by atoms with E-state index in [2.05, 4.69) is 9.97 Å². The molecule has 23 heavy (non-hydrogen) atoms. The summed E-state index contributed by atoms with van der Waals surface area (Å²) in [5.74, 6) is 0. The van der Waals surface area contributed by atoms with Gasteiger partial charge in [0.05, 0.1) is 16.6 Å². The van der Waals surface area contributed by atoms with Gasteiger partial charge in [0.2, 0.25) is 10.0 Å². The van der Waals surface area contributed by atoms with Crippen molar-refractivity contribution in [3.8, 4) is 0 Å². The van der Waals surface area contributed by atoms with Crippen molar-refractivity contribution in [3.05, 3.63) is 53.1 Å². The Labute approximate surface area is 140 Å². The van der Waals surface area contributed by atoms with Crippen LogP contribution in [0.15, 0.2) is 41.7 Å². The summed E-state index contributed by atoms with van der Waals surface area (Å²) in [6.45, 7) is 0. The fourth-order valence-electron chi connectivity index (χ4n) is 3.67. The summed E-state index contributed by atoms with van der Waals surface area (Å²) in [4.78, 5) is 8.74. The number of fused-ring (bicyclic) bond motifs is 4. The number of hydrogen-bond donors (Lipinski definition) is 0. The second-order valence-corrected chi connectivity index (χ2v) is 8.30. The van der Waals surface area contributed by atoms with Crippen molar-refractivity contribution in [2.75, 3.05) is 0 Å². The van der Waals surface area contributed by atoms with Crippen molar-refractivity contribution in [2.45, 2.75) is 42.7 Å². The van der Waals surface area contributed by atoms with Crippen molar-refractivity contribution < 1.29 is 8.42 Å². The van der Waals surface area contributed by atoms with Crippen LogP contribution in [0.1, 0.15) is 36.6 Å². The Hall–Kier alpha value is -1.50. The summed E-state index contributed by atoms with van der Waals surface area (Å²) < 4.78 is 28.0. The van der Waals surface area contributed by atoms with E-state index >= 15 is 0 Å². The van der Waals surface area contributed by atoms with Gasteiger partial charge in [0.25, 0.3) is 0 Å². The van der Waals surface area contributed by atoms with Gasteiger partial charge in [0, 0.05) is 29.2 Å². The highest BCUT2D eigenvalue weighted by atomic mass is 35.5. The summed E-state index contributed by atoms with van der Waals surface area (Å²) >= 11 is 5.89. The Balaban J connectivity index is 1.81. The van der Waals surface area contributed by atoms with E-state index < -0.39 is 10.0 Å². The molecule has 2 unspecified atom stereocenters. The van der Waals surface area contributed by atoms with Crippen molar-refractivity contribution >= 4 is 21.6 Å². The molecule has 1 fully saturated rings. The molecule has 0 saturated carbocycles. The quantitative estimate of drug-likeness (QED) is 0.836. The zero-order valence-corrected chi connectivity index (χ0v) is 14.0. The minimum atomic E-state index is -3.56. The molecule has 0 spiro atoms. The standard InChI is InChI=1S/C16H16ClN3O2S/c17-11-4-6-13(7-5-11)23(21,22)20-12-2-1-3-16(20)14-9-18-10-19-15(14)8-12/h4-7,9-10,12,16H,1-3,8H2. The fraction of sp³-hybridized carbons (Fsp3) is 0.375. The molecule has 0 amide bonds. The number of aromatic nitrogens is 2. The van der Waals surface area contributed by atoms with Crippen LogP contribution in [0.2, 0.25) is 5.02 Å². The minimum Gasteiger partial charge on any atom is -0.244 e. The maximum atomic E-state index is 13.2. The van der Waals surface area contributed by atoms with Gasteiger partial charge >= 0.3 is 0 Å². The number of hydrogen-bond acceptors (Lipinski definition) is 4. The summed E-state index contributed by atoms with van der Waals surface area (Å²) in [7, 11) is -3.56. The van der Waals surface area contributed by atoms with Gasteiger partial charge in [0.1, 0.15) is 6.33 Å². The first kappa shape index (κ1) is 15.1. The minimum absolute atomic E-state index is 0.0307. The summed E-state index contributed by atoms with van der Waals surface area (Å²) in [6, 6.07) is 6.18. The van der Waals surface area contributed by atoms with Crippen molar-refractivity contribution in [2.24, 2.45) is 0 Å². The Morgan fingerprint density at radius 2 is 1.96 bits per heavy atom. The third-order valence-electron chi connectivity index (χ3n) is 4.69. The molecule has 5 nitrogen and oxygen atoms in total. The summed E-state index contributed by atoms with van der Waals surface area (Å²) in [6.07, 6.45) is 6.66. The lowest BCUT2D eigenvalue weighted by Crippen LogP contribution is -2.49. The van der Waals surface area contributed by atoms with Gasteiger partial charge in [-0.2, -0.15) is 4.31 Å². The fourth-order valence-corrected chi connectivity index (χ4v) is 5.65. The topological polar surface area (TPSA) is 63.2 Å².